The fourth-order valence-corrected chi connectivity index (χ4v) is 2.26. The second-order valence-corrected chi connectivity index (χ2v) is 3.92. The van der Waals surface area contributed by atoms with E-state index < -0.39 is 5.97 Å². The molecule has 0 atom stereocenters. The maximum Gasteiger partial charge on any atom is 0.307 e. The highest BCUT2D eigenvalue weighted by atomic mass is 79.9. The van der Waals surface area contributed by atoms with Crippen LogP contribution in [-0.4, -0.2) is 11.1 Å². The molecule has 0 heterocycles. The van der Waals surface area contributed by atoms with Crippen molar-refractivity contribution in [3.8, 4) is 6.07 Å². The lowest BCUT2D eigenvalue weighted by molar-refractivity contribution is -0.136. The van der Waals surface area contributed by atoms with Crippen molar-refractivity contribution in [2.75, 3.05) is 0 Å². The molecule has 1 rings (SSSR count). The predicted octanol–water partition coefficient (Wildman–Crippen LogP) is 2.37. The molecule has 1 N–H and O–H groups in total. The van der Waals surface area contributed by atoms with Gasteiger partial charge in [-0.1, -0.05) is 22.0 Å². The molecule has 0 radical (unpaired) electrons. The number of alkyl halides is 1. The van der Waals surface area contributed by atoms with Crippen LogP contribution < -0.4 is 0 Å². The van der Waals surface area contributed by atoms with E-state index in [1.54, 1.807) is 12.1 Å². The number of hydrogen-bond acceptors (Lipinski definition) is 3. The van der Waals surface area contributed by atoms with Crippen molar-refractivity contribution in [2.45, 2.75) is 16.6 Å². The zero-order chi connectivity index (χ0) is 11.4. The Morgan fingerprint density at radius 2 is 2.27 bits per heavy atom. The van der Waals surface area contributed by atoms with Gasteiger partial charge in [0.25, 0.3) is 0 Å². The number of halogens is 1. The summed E-state index contributed by atoms with van der Waals surface area (Å²) in [6.07, 6.45) is -0.178. The van der Waals surface area contributed by atoms with Crippen LogP contribution in [0.1, 0.15) is 16.7 Å². The minimum Gasteiger partial charge on any atom is -0.481 e. The fraction of sp³-hybridized carbons (Fsp3) is 0.200. The number of thiol groups is 1. The van der Waals surface area contributed by atoms with E-state index in [-0.39, 0.29) is 6.42 Å². The van der Waals surface area contributed by atoms with E-state index >= 15 is 0 Å². The van der Waals surface area contributed by atoms with Crippen molar-refractivity contribution < 1.29 is 9.90 Å². The molecule has 1 aromatic carbocycles. The zero-order valence-corrected chi connectivity index (χ0v) is 10.2. The monoisotopic (exact) mass is 285 g/mol. The summed E-state index contributed by atoms with van der Waals surface area (Å²) in [5, 5.41) is 18.1. The first-order chi connectivity index (χ1) is 7.10. The summed E-state index contributed by atoms with van der Waals surface area (Å²) < 4.78 is 0. The summed E-state index contributed by atoms with van der Waals surface area (Å²) in [5.74, 6) is -0.964. The average Bonchev–Trinajstić information content (AvgIpc) is 2.20. The quantitative estimate of drug-likeness (QED) is 0.662. The van der Waals surface area contributed by atoms with Crippen molar-refractivity contribution in [3.63, 3.8) is 0 Å². The highest BCUT2D eigenvalue weighted by Crippen LogP contribution is 2.25. The summed E-state index contributed by atoms with van der Waals surface area (Å²) >= 11 is 7.52. The van der Waals surface area contributed by atoms with Crippen LogP contribution in [0.4, 0.5) is 0 Å². The summed E-state index contributed by atoms with van der Waals surface area (Å²) in [7, 11) is 0. The molecule has 0 bridgehead atoms. The number of carbonyl (C=O) groups is 1. The minimum atomic E-state index is -0.964. The number of hydrogen-bond donors (Lipinski definition) is 2. The number of benzene rings is 1. The lowest BCUT2D eigenvalue weighted by Gasteiger charge is -2.08. The third-order valence-corrected chi connectivity index (χ3v) is 3.12. The predicted molar refractivity (Wildman–Crippen MR) is 62.4 cm³/mol. The normalized spacial score (nSPS) is 9.67. The topological polar surface area (TPSA) is 61.1 Å². The maximum atomic E-state index is 10.6. The van der Waals surface area contributed by atoms with E-state index in [0.717, 1.165) is 5.56 Å². The Hall–Kier alpha value is -0.990. The van der Waals surface area contributed by atoms with Gasteiger partial charge in [-0.25, -0.2) is 0 Å². The van der Waals surface area contributed by atoms with Crippen LogP contribution in [-0.2, 0) is 16.5 Å². The number of carboxylic acid groups (broad SMARTS) is 1. The molecule has 0 saturated heterocycles. The van der Waals surface area contributed by atoms with Crippen LogP contribution in [0, 0.1) is 11.3 Å². The summed E-state index contributed by atoms with van der Waals surface area (Å²) in [5.41, 5.74) is 1.73. The molecule has 0 spiro atoms. The number of nitrogens with zero attached hydrogens (tertiary/aromatic N) is 1. The maximum absolute atomic E-state index is 10.6. The standard InChI is InChI=1S/C10H8BrNO2S/c11-4-6-1-2-7(5-12)8(10(6)15)3-9(13)14/h1-2,15H,3-4H2,(H,13,14). The van der Waals surface area contributed by atoms with E-state index in [0.29, 0.717) is 21.4 Å². The molecule has 15 heavy (non-hydrogen) atoms. The molecule has 0 aliphatic heterocycles. The van der Waals surface area contributed by atoms with Gasteiger partial charge in [0, 0.05) is 10.2 Å². The van der Waals surface area contributed by atoms with E-state index in [9.17, 15) is 4.79 Å². The zero-order valence-electron chi connectivity index (χ0n) is 7.70. The molecule has 0 saturated carbocycles. The van der Waals surface area contributed by atoms with Crippen molar-refractivity contribution in [1.82, 2.24) is 0 Å². The summed E-state index contributed by atoms with van der Waals surface area (Å²) in [6, 6.07) is 5.35. The van der Waals surface area contributed by atoms with Crippen molar-refractivity contribution in [2.24, 2.45) is 0 Å². The van der Waals surface area contributed by atoms with Gasteiger partial charge in [0.05, 0.1) is 18.1 Å². The van der Waals surface area contributed by atoms with Crippen LogP contribution in [0.3, 0.4) is 0 Å². The molecule has 0 aliphatic rings. The molecule has 3 nitrogen and oxygen atoms in total. The van der Waals surface area contributed by atoms with E-state index in [2.05, 4.69) is 28.6 Å². The third-order valence-electron chi connectivity index (χ3n) is 1.96. The number of rotatable bonds is 3. The van der Waals surface area contributed by atoms with Crippen LogP contribution in [0.2, 0.25) is 0 Å². The first-order valence-corrected chi connectivity index (χ1v) is 5.68. The molecule has 78 valence electrons. The molecule has 1 aromatic rings. The Bertz CT molecular complexity index is 440. The molecule has 0 aliphatic carbocycles. The first kappa shape index (κ1) is 12.1. The molecule has 0 fully saturated rings. The Kier molecular flexibility index (Phi) is 4.18. The van der Waals surface area contributed by atoms with Gasteiger partial charge in [0.1, 0.15) is 0 Å². The van der Waals surface area contributed by atoms with Crippen LogP contribution in [0.15, 0.2) is 17.0 Å². The second-order valence-electron chi connectivity index (χ2n) is 2.92. The lowest BCUT2D eigenvalue weighted by Crippen LogP contribution is -2.04. The Balaban J connectivity index is 3.30. The van der Waals surface area contributed by atoms with E-state index in [1.807, 2.05) is 6.07 Å². The largest absolute Gasteiger partial charge is 0.481 e. The summed E-state index contributed by atoms with van der Waals surface area (Å²) in [6.45, 7) is 0. The highest BCUT2D eigenvalue weighted by Gasteiger charge is 2.12. The minimum absolute atomic E-state index is 0.178. The average molecular weight is 286 g/mol. The van der Waals surface area contributed by atoms with Gasteiger partial charge in [-0.3, -0.25) is 4.79 Å². The number of aliphatic carboxylic acids is 1. The molecule has 0 aromatic heterocycles. The van der Waals surface area contributed by atoms with E-state index in [1.165, 1.54) is 0 Å². The van der Waals surface area contributed by atoms with Crippen molar-refractivity contribution in [1.29, 1.82) is 5.26 Å². The molecule has 0 unspecified atom stereocenters. The second kappa shape index (κ2) is 5.19. The van der Waals surface area contributed by atoms with Gasteiger partial charge >= 0.3 is 5.97 Å². The third kappa shape index (κ3) is 2.74. The fourth-order valence-electron chi connectivity index (χ4n) is 1.23. The van der Waals surface area contributed by atoms with Gasteiger partial charge in [0.2, 0.25) is 0 Å². The van der Waals surface area contributed by atoms with Gasteiger partial charge in [-0.2, -0.15) is 5.26 Å². The van der Waals surface area contributed by atoms with Gasteiger partial charge in [0.15, 0.2) is 0 Å². The first-order valence-electron chi connectivity index (χ1n) is 4.11. The number of nitriles is 1. The van der Waals surface area contributed by atoms with E-state index in [4.69, 9.17) is 10.4 Å². The summed E-state index contributed by atoms with van der Waals surface area (Å²) in [4.78, 5) is 11.2. The molecular weight excluding hydrogens is 278 g/mol. The Labute approximate surface area is 101 Å². The SMILES string of the molecule is N#Cc1ccc(CBr)c(S)c1CC(=O)O. The van der Waals surface area contributed by atoms with Gasteiger partial charge in [-0.05, 0) is 17.2 Å². The molecule has 0 amide bonds. The van der Waals surface area contributed by atoms with Crippen LogP contribution in [0.5, 0.6) is 0 Å². The Morgan fingerprint density at radius 3 is 2.73 bits per heavy atom. The van der Waals surface area contributed by atoms with Crippen molar-refractivity contribution in [3.05, 3.63) is 28.8 Å². The van der Waals surface area contributed by atoms with Crippen molar-refractivity contribution >= 4 is 34.5 Å². The lowest BCUT2D eigenvalue weighted by atomic mass is 10.0. The highest BCUT2D eigenvalue weighted by molar-refractivity contribution is 9.08. The van der Waals surface area contributed by atoms with Gasteiger partial charge < -0.3 is 5.11 Å². The smallest absolute Gasteiger partial charge is 0.307 e. The van der Waals surface area contributed by atoms with Gasteiger partial charge in [-0.15, -0.1) is 12.6 Å². The van der Waals surface area contributed by atoms with Crippen LogP contribution in [0.25, 0.3) is 0 Å². The Morgan fingerprint density at radius 1 is 1.60 bits per heavy atom. The number of carboxylic acids is 1. The van der Waals surface area contributed by atoms with Crippen LogP contribution >= 0.6 is 28.6 Å². The molecular formula is C10H8BrNO2S. The molecule has 5 heteroatoms.